The predicted octanol–water partition coefficient (Wildman–Crippen LogP) is 1.10. The summed E-state index contributed by atoms with van der Waals surface area (Å²) in [5.41, 5.74) is 7.81. The first kappa shape index (κ1) is 14.2. The third-order valence-corrected chi connectivity index (χ3v) is 3.52. The Bertz CT molecular complexity index is 502. The van der Waals surface area contributed by atoms with Crippen LogP contribution in [0, 0.1) is 6.92 Å². The number of ether oxygens (including phenoxy) is 1. The fourth-order valence-electron chi connectivity index (χ4n) is 2.36. The number of nitrogens with zero attached hydrogens (tertiary/aromatic N) is 2. The van der Waals surface area contributed by atoms with Crippen molar-refractivity contribution in [2.75, 3.05) is 39.0 Å². The van der Waals surface area contributed by atoms with Crippen LogP contribution in [0.25, 0.3) is 0 Å². The Morgan fingerprint density at radius 3 is 2.30 bits per heavy atom. The molecular formula is C14H19N3O3. The first-order valence-electron chi connectivity index (χ1n) is 6.52. The summed E-state index contributed by atoms with van der Waals surface area (Å²) < 4.78 is 4.67. The second-order valence-corrected chi connectivity index (χ2v) is 4.79. The van der Waals surface area contributed by atoms with Gasteiger partial charge in [0.05, 0.1) is 12.7 Å². The van der Waals surface area contributed by atoms with E-state index in [0.717, 1.165) is 5.56 Å². The van der Waals surface area contributed by atoms with Crippen LogP contribution in [0.4, 0.5) is 10.5 Å². The topological polar surface area (TPSA) is 75.9 Å². The van der Waals surface area contributed by atoms with Crippen LogP contribution < -0.4 is 5.73 Å². The smallest absolute Gasteiger partial charge is 0.409 e. The number of rotatable bonds is 1. The molecule has 2 N–H and O–H groups in total. The summed E-state index contributed by atoms with van der Waals surface area (Å²) in [7, 11) is 1.36. The van der Waals surface area contributed by atoms with Crippen LogP contribution in [0.2, 0.25) is 0 Å². The van der Waals surface area contributed by atoms with Gasteiger partial charge in [-0.25, -0.2) is 4.79 Å². The SMILES string of the molecule is COC(=O)N1CCN(C(=O)c2c(C)cccc2N)CC1. The number of hydrogen-bond acceptors (Lipinski definition) is 4. The minimum atomic E-state index is -0.354. The fourth-order valence-corrected chi connectivity index (χ4v) is 2.36. The number of methoxy groups -OCH3 is 1. The molecule has 1 aliphatic heterocycles. The first-order valence-corrected chi connectivity index (χ1v) is 6.52. The molecule has 20 heavy (non-hydrogen) atoms. The average molecular weight is 277 g/mol. The molecule has 6 heteroatoms. The fraction of sp³-hybridized carbons (Fsp3) is 0.429. The maximum atomic E-state index is 12.5. The van der Waals surface area contributed by atoms with Gasteiger partial charge in [0.2, 0.25) is 0 Å². The van der Waals surface area contributed by atoms with Crippen molar-refractivity contribution < 1.29 is 14.3 Å². The Morgan fingerprint density at radius 2 is 1.75 bits per heavy atom. The molecule has 0 bridgehead atoms. The van der Waals surface area contributed by atoms with Crippen molar-refractivity contribution >= 4 is 17.7 Å². The second-order valence-electron chi connectivity index (χ2n) is 4.79. The van der Waals surface area contributed by atoms with E-state index in [9.17, 15) is 9.59 Å². The molecule has 1 aromatic carbocycles. The van der Waals surface area contributed by atoms with Gasteiger partial charge in [-0.2, -0.15) is 0 Å². The normalized spacial score (nSPS) is 15.1. The molecule has 0 atom stereocenters. The lowest BCUT2D eigenvalue weighted by Crippen LogP contribution is -2.50. The van der Waals surface area contributed by atoms with Crippen molar-refractivity contribution in [1.82, 2.24) is 9.80 Å². The molecule has 1 aromatic rings. The van der Waals surface area contributed by atoms with Gasteiger partial charge in [-0.05, 0) is 18.6 Å². The Kier molecular flexibility index (Phi) is 4.12. The van der Waals surface area contributed by atoms with E-state index in [1.165, 1.54) is 7.11 Å². The van der Waals surface area contributed by atoms with E-state index in [1.807, 2.05) is 19.1 Å². The molecule has 0 saturated carbocycles. The molecular weight excluding hydrogens is 258 g/mol. The predicted molar refractivity (Wildman–Crippen MR) is 75.5 cm³/mol. The molecule has 0 aliphatic carbocycles. The summed E-state index contributed by atoms with van der Waals surface area (Å²) in [6.45, 7) is 3.80. The van der Waals surface area contributed by atoms with Crippen LogP contribution in [0.3, 0.4) is 0 Å². The molecule has 2 rings (SSSR count). The largest absolute Gasteiger partial charge is 0.453 e. The van der Waals surface area contributed by atoms with Crippen LogP contribution in [0.1, 0.15) is 15.9 Å². The van der Waals surface area contributed by atoms with Gasteiger partial charge in [0, 0.05) is 31.9 Å². The maximum absolute atomic E-state index is 12.5. The van der Waals surface area contributed by atoms with E-state index >= 15 is 0 Å². The third-order valence-electron chi connectivity index (χ3n) is 3.52. The van der Waals surface area contributed by atoms with E-state index in [4.69, 9.17) is 5.73 Å². The lowest BCUT2D eigenvalue weighted by Gasteiger charge is -2.34. The van der Waals surface area contributed by atoms with Crippen LogP contribution >= 0.6 is 0 Å². The molecule has 1 heterocycles. The zero-order valence-corrected chi connectivity index (χ0v) is 11.8. The summed E-state index contributed by atoms with van der Waals surface area (Å²) in [6.07, 6.45) is -0.354. The van der Waals surface area contributed by atoms with Gasteiger partial charge in [0.1, 0.15) is 0 Å². The summed E-state index contributed by atoms with van der Waals surface area (Å²) in [5, 5.41) is 0. The Balaban J connectivity index is 2.07. The lowest BCUT2D eigenvalue weighted by atomic mass is 10.1. The van der Waals surface area contributed by atoms with Crippen molar-refractivity contribution in [2.24, 2.45) is 0 Å². The highest BCUT2D eigenvalue weighted by Crippen LogP contribution is 2.19. The summed E-state index contributed by atoms with van der Waals surface area (Å²) in [6, 6.07) is 5.43. The zero-order chi connectivity index (χ0) is 14.7. The van der Waals surface area contributed by atoms with E-state index in [0.29, 0.717) is 37.4 Å². The van der Waals surface area contributed by atoms with E-state index in [-0.39, 0.29) is 12.0 Å². The number of benzene rings is 1. The molecule has 6 nitrogen and oxygen atoms in total. The van der Waals surface area contributed by atoms with E-state index in [2.05, 4.69) is 4.74 Å². The van der Waals surface area contributed by atoms with E-state index < -0.39 is 0 Å². The second kappa shape index (κ2) is 5.81. The van der Waals surface area contributed by atoms with Gasteiger partial charge in [-0.3, -0.25) is 4.79 Å². The molecule has 1 fully saturated rings. The first-order chi connectivity index (χ1) is 9.54. The summed E-state index contributed by atoms with van der Waals surface area (Å²) in [5.74, 6) is -0.0786. The zero-order valence-electron chi connectivity index (χ0n) is 11.8. The average Bonchev–Trinajstić information content (AvgIpc) is 2.46. The van der Waals surface area contributed by atoms with Crippen LogP contribution in [0.5, 0.6) is 0 Å². The van der Waals surface area contributed by atoms with Crippen molar-refractivity contribution in [3.63, 3.8) is 0 Å². The van der Waals surface area contributed by atoms with Gasteiger partial charge >= 0.3 is 6.09 Å². The molecule has 0 aromatic heterocycles. The van der Waals surface area contributed by atoms with Gasteiger partial charge in [-0.1, -0.05) is 12.1 Å². The highest BCUT2D eigenvalue weighted by atomic mass is 16.5. The number of carbonyl (C=O) groups excluding carboxylic acids is 2. The molecule has 2 amide bonds. The quantitative estimate of drug-likeness (QED) is 0.780. The number of carbonyl (C=O) groups is 2. The van der Waals surface area contributed by atoms with Crippen molar-refractivity contribution in [1.29, 1.82) is 0 Å². The number of hydrogen-bond donors (Lipinski definition) is 1. The van der Waals surface area contributed by atoms with Gasteiger partial charge < -0.3 is 20.3 Å². The monoisotopic (exact) mass is 277 g/mol. The maximum Gasteiger partial charge on any atom is 0.409 e. The van der Waals surface area contributed by atoms with Crippen molar-refractivity contribution in [3.8, 4) is 0 Å². The molecule has 0 spiro atoms. The minimum Gasteiger partial charge on any atom is -0.453 e. The van der Waals surface area contributed by atoms with Gasteiger partial charge in [-0.15, -0.1) is 0 Å². The van der Waals surface area contributed by atoms with E-state index in [1.54, 1.807) is 15.9 Å². The van der Waals surface area contributed by atoms with Gasteiger partial charge in [0.25, 0.3) is 5.91 Å². The molecule has 1 aliphatic rings. The minimum absolute atomic E-state index is 0.0786. The van der Waals surface area contributed by atoms with Crippen LogP contribution in [0.15, 0.2) is 18.2 Å². The number of piperazine rings is 1. The Hall–Kier alpha value is -2.24. The van der Waals surface area contributed by atoms with Gasteiger partial charge in [0.15, 0.2) is 0 Å². The Morgan fingerprint density at radius 1 is 1.15 bits per heavy atom. The van der Waals surface area contributed by atoms with Crippen molar-refractivity contribution in [3.05, 3.63) is 29.3 Å². The highest BCUT2D eigenvalue weighted by Gasteiger charge is 2.26. The molecule has 0 unspecified atom stereocenters. The lowest BCUT2D eigenvalue weighted by molar-refractivity contribution is 0.0600. The van der Waals surface area contributed by atoms with Crippen LogP contribution in [-0.2, 0) is 4.74 Å². The number of amides is 2. The number of nitrogen functional groups attached to an aromatic ring is 1. The number of nitrogens with two attached hydrogens (primary N) is 1. The van der Waals surface area contributed by atoms with Crippen LogP contribution in [-0.4, -0.2) is 55.1 Å². The number of anilines is 1. The summed E-state index contributed by atoms with van der Waals surface area (Å²) in [4.78, 5) is 27.2. The standard InChI is InChI=1S/C14H19N3O3/c1-10-4-3-5-11(15)12(10)13(18)16-6-8-17(9-7-16)14(19)20-2/h3-5H,6-9,15H2,1-2H3. The molecule has 0 radical (unpaired) electrons. The van der Waals surface area contributed by atoms with Crippen molar-refractivity contribution in [2.45, 2.75) is 6.92 Å². The third kappa shape index (κ3) is 2.68. The Labute approximate surface area is 118 Å². The highest BCUT2D eigenvalue weighted by molar-refractivity contribution is 6.00. The molecule has 1 saturated heterocycles. The summed E-state index contributed by atoms with van der Waals surface area (Å²) >= 11 is 0. The molecule has 108 valence electrons. The number of aryl methyl sites for hydroxylation is 1.